The van der Waals surface area contributed by atoms with E-state index in [1.54, 1.807) is 7.11 Å². The number of ether oxygens (including phenoxy) is 1. The Bertz CT molecular complexity index is 1360. The Morgan fingerprint density at radius 3 is 2.47 bits per heavy atom. The predicted molar refractivity (Wildman–Crippen MR) is 133 cm³/mol. The van der Waals surface area contributed by atoms with Crippen molar-refractivity contribution >= 4 is 28.6 Å². The van der Waals surface area contributed by atoms with E-state index >= 15 is 0 Å². The molecule has 2 N–H and O–H groups in total. The number of aromatic nitrogens is 1. The monoisotopic (exact) mass is 453 g/mol. The largest absolute Gasteiger partial charge is 0.497 e. The van der Waals surface area contributed by atoms with Crippen LogP contribution in [0.5, 0.6) is 5.75 Å². The van der Waals surface area contributed by atoms with Gasteiger partial charge in [-0.2, -0.15) is 0 Å². The van der Waals surface area contributed by atoms with Crippen LogP contribution >= 0.6 is 0 Å². The van der Waals surface area contributed by atoms with Crippen LogP contribution in [0.15, 0.2) is 42.5 Å². The second-order valence-electron chi connectivity index (χ2n) is 9.27. The Morgan fingerprint density at radius 1 is 1.00 bits per heavy atom. The van der Waals surface area contributed by atoms with Gasteiger partial charge in [0.2, 0.25) is 0 Å². The molecule has 1 aromatic heterocycles. The quantitative estimate of drug-likeness (QED) is 0.546. The molecule has 1 aliphatic carbocycles. The first-order valence-corrected chi connectivity index (χ1v) is 11.9. The molecule has 2 aromatic carbocycles. The Hall–Kier alpha value is -3.80. The van der Waals surface area contributed by atoms with Crippen LogP contribution in [0.2, 0.25) is 0 Å². The van der Waals surface area contributed by atoms with Crippen LogP contribution in [0.3, 0.4) is 0 Å². The molecular formula is C28H27N3O3. The highest BCUT2D eigenvalue weighted by Crippen LogP contribution is 2.45. The third-order valence-corrected chi connectivity index (χ3v) is 7.31. The lowest BCUT2D eigenvalue weighted by Gasteiger charge is -2.15. The van der Waals surface area contributed by atoms with Crippen LogP contribution in [-0.2, 0) is 11.2 Å². The maximum absolute atomic E-state index is 13.2. The van der Waals surface area contributed by atoms with Gasteiger partial charge >= 0.3 is 0 Å². The van der Waals surface area contributed by atoms with Gasteiger partial charge in [0.05, 0.1) is 18.2 Å². The van der Waals surface area contributed by atoms with E-state index in [0.717, 1.165) is 101 Å². The number of nitrogens with zero attached hydrogens (tertiary/aromatic N) is 1. The van der Waals surface area contributed by atoms with Crippen molar-refractivity contribution in [3.63, 3.8) is 0 Å². The number of carbonyl (C=O) groups is 2. The van der Waals surface area contributed by atoms with E-state index in [2.05, 4.69) is 16.4 Å². The van der Waals surface area contributed by atoms with Crippen molar-refractivity contribution < 1.29 is 14.3 Å². The van der Waals surface area contributed by atoms with Gasteiger partial charge in [-0.1, -0.05) is 24.3 Å². The second kappa shape index (κ2) is 7.90. The average Bonchev–Trinajstić information content (AvgIpc) is 3.62. The average molecular weight is 454 g/mol. The number of allylic oxidation sites excluding steroid dienone is 1. The van der Waals surface area contributed by atoms with Crippen LogP contribution in [0, 0.1) is 6.92 Å². The zero-order chi connectivity index (χ0) is 23.4. The summed E-state index contributed by atoms with van der Waals surface area (Å²) in [4.78, 5) is 31.7. The van der Waals surface area contributed by atoms with Gasteiger partial charge < -0.3 is 19.9 Å². The number of aromatic amines is 1. The number of anilines is 1. The van der Waals surface area contributed by atoms with Crippen molar-refractivity contribution in [1.82, 2.24) is 9.88 Å². The molecular weight excluding hydrogens is 426 g/mol. The van der Waals surface area contributed by atoms with Gasteiger partial charge in [0, 0.05) is 35.7 Å². The fourth-order valence-corrected chi connectivity index (χ4v) is 5.61. The fourth-order valence-electron chi connectivity index (χ4n) is 5.61. The highest BCUT2D eigenvalue weighted by molar-refractivity contribution is 6.37. The first-order chi connectivity index (χ1) is 16.5. The number of nitrogens with one attached hydrogen (secondary N) is 2. The molecule has 0 bridgehead atoms. The lowest BCUT2D eigenvalue weighted by atomic mass is 9.96. The first-order valence-electron chi connectivity index (χ1n) is 11.9. The van der Waals surface area contributed by atoms with Gasteiger partial charge in [-0.3, -0.25) is 9.59 Å². The molecule has 0 unspecified atom stereocenters. The molecule has 1 saturated heterocycles. The topological polar surface area (TPSA) is 74.4 Å². The summed E-state index contributed by atoms with van der Waals surface area (Å²) in [5.74, 6) is 0.856. The smallest absolute Gasteiger partial charge is 0.256 e. The summed E-state index contributed by atoms with van der Waals surface area (Å²) >= 11 is 0. The Balaban J connectivity index is 1.39. The number of likely N-dealkylation sites (tertiary alicyclic amines) is 1. The lowest BCUT2D eigenvalue weighted by Crippen LogP contribution is -2.28. The van der Waals surface area contributed by atoms with E-state index in [-0.39, 0.29) is 11.8 Å². The number of rotatable bonds is 3. The molecule has 1 fully saturated rings. The van der Waals surface area contributed by atoms with Crippen LogP contribution in [0.25, 0.3) is 22.3 Å². The van der Waals surface area contributed by atoms with Crippen LogP contribution < -0.4 is 10.1 Å². The normalized spacial score (nSPS) is 18.8. The van der Waals surface area contributed by atoms with Gasteiger partial charge in [0.25, 0.3) is 11.8 Å². The minimum Gasteiger partial charge on any atom is -0.497 e. The van der Waals surface area contributed by atoms with Gasteiger partial charge in [0.1, 0.15) is 5.75 Å². The summed E-state index contributed by atoms with van der Waals surface area (Å²) in [6.45, 7) is 3.63. The molecule has 3 heterocycles. The summed E-state index contributed by atoms with van der Waals surface area (Å²) in [5.41, 5.74) is 9.29. The maximum Gasteiger partial charge on any atom is 0.256 e. The van der Waals surface area contributed by atoms with Crippen molar-refractivity contribution in [2.45, 2.75) is 32.6 Å². The highest BCUT2D eigenvalue weighted by atomic mass is 16.5. The Kier molecular flexibility index (Phi) is 4.83. The van der Waals surface area contributed by atoms with Crippen molar-refractivity contribution in [1.29, 1.82) is 0 Å². The SMILES string of the molecule is COc1ccc(-c2ccc3c(c2)NC(=O)/C3=C2/CCc3c2[nH]c(C)c3C(=O)N2CCCC2)cc1. The number of carbonyl (C=O) groups excluding carboxylic acids is 2. The number of amides is 2. The molecule has 0 spiro atoms. The summed E-state index contributed by atoms with van der Waals surface area (Å²) in [5, 5.41) is 3.07. The maximum atomic E-state index is 13.2. The zero-order valence-corrected chi connectivity index (χ0v) is 19.5. The number of fused-ring (bicyclic) bond motifs is 2. The molecule has 2 aliphatic heterocycles. The minimum atomic E-state index is -0.0793. The molecule has 0 radical (unpaired) electrons. The summed E-state index contributed by atoms with van der Waals surface area (Å²) in [6, 6.07) is 14.0. The van der Waals surface area contributed by atoms with E-state index in [1.165, 1.54) is 0 Å². The number of benzene rings is 2. The van der Waals surface area contributed by atoms with Crippen LogP contribution in [0.4, 0.5) is 5.69 Å². The number of hydrogen-bond acceptors (Lipinski definition) is 3. The van der Waals surface area contributed by atoms with Gasteiger partial charge in [-0.15, -0.1) is 0 Å². The van der Waals surface area contributed by atoms with Gasteiger partial charge in [-0.05, 0) is 73.1 Å². The molecule has 0 saturated carbocycles. The summed E-state index contributed by atoms with van der Waals surface area (Å²) in [6.07, 6.45) is 3.68. The number of H-pyrrole nitrogens is 1. The first kappa shape index (κ1) is 20.8. The molecule has 6 heteroatoms. The number of aryl methyl sites for hydroxylation is 1. The molecule has 34 heavy (non-hydrogen) atoms. The standard InChI is InChI=1S/C28H27N3O3/c1-16-24(28(33)31-13-3-4-14-31)21-11-12-22(26(21)29-16)25-20-10-7-18(15-23(20)30-27(25)32)17-5-8-19(34-2)9-6-17/h5-10,15,29H,3-4,11-14H2,1-2H3,(H,30,32)/b25-22-. The van der Waals surface area contributed by atoms with Crippen LogP contribution in [-0.4, -0.2) is 41.9 Å². The predicted octanol–water partition coefficient (Wildman–Crippen LogP) is 5.04. The van der Waals surface area contributed by atoms with E-state index in [4.69, 9.17) is 4.74 Å². The Labute approximate surface area is 198 Å². The molecule has 0 atom stereocenters. The lowest BCUT2D eigenvalue weighted by molar-refractivity contribution is -0.110. The molecule has 3 aliphatic rings. The van der Waals surface area contributed by atoms with E-state index < -0.39 is 0 Å². The third kappa shape index (κ3) is 3.16. The van der Waals surface area contributed by atoms with Crippen molar-refractivity contribution in [3.05, 3.63) is 70.5 Å². The molecule has 6 rings (SSSR count). The number of hydrogen-bond donors (Lipinski definition) is 2. The third-order valence-electron chi connectivity index (χ3n) is 7.31. The molecule has 172 valence electrons. The minimum absolute atomic E-state index is 0.0793. The molecule has 6 nitrogen and oxygen atoms in total. The van der Waals surface area contributed by atoms with E-state index in [9.17, 15) is 9.59 Å². The van der Waals surface area contributed by atoms with Crippen LogP contribution in [0.1, 0.15) is 52.1 Å². The fraction of sp³-hybridized carbons (Fsp3) is 0.286. The summed E-state index contributed by atoms with van der Waals surface area (Å²) in [7, 11) is 1.65. The van der Waals surface area contributed by atoms with Crippen molar-refractivity contribution in [2.75, 3.05) is 25.5 Å². The van der Waals surface area contributed by atoms with Crippen molar-refractivity contribution in [2.24, 2.45) is 0 Å². The van der Waals surface area contributed by atoms with E-state index in [0.29, 0.717) is 0 Å². The molecule has 2 amide bonds. The zero-order valence-electron chi connectivity index (χ0n) is 19.5. The number of methoxy groups -OCH3 is 1. The second-order valence-corrected chi connectivity index (χ2v) is 9.27. The van der Waals surface area contributed by atoms with Gasteiger partial charge in [0.15, 0.2) is 0 Å². The molecule has 3 aromatic rings. The highest BCUT2D eigenvalue weighted by Gasteiger charge is 2.35. The van der Waals surface area contributed by atoms with Gasteiger partial charge in [-0.25, -0.2) is 0 Å². The Morgan fingerprint density at radius 2 is 1.74 bits per heavy atom. The summed E-state index contributed by atoms with van der Waals surface area (Å²) < 4.78 is 5.26. The van der Waals surface area contributed by atoms with Crippen molar-refractivity contribution in [3.8, 4) is 16.9 Å². The van der Waals surface area contributed by atoms with E-state index in [1.807, 2.05) is 48.2 Å².